The highest BCUT2D eigenvalue weighted by Gasteiger charge is 2.29. The zero-order valence-corrected chi connectivity index (χ0v) is 20.5. The van der Waals surface area contributed by atoms with Gasteiger partial charge in [0.2, 0.25) is 11.8 Å². The Balaban J connectivity index is 1.46. The molecule has 9 heteroatoms. The molecule has 2 unspecified atom stereocenters. The summed E-state index contributed by atoms with van der Waals surface area (Å²) in [6, 6.07) is 9.77. The number of nitrogens with one attached hydrogen (secondary N) is 1. The van der Waals surface area contributed by atoms with Gasteiger partial charge >= 0.3 is 5.97 Å². The quantitative estimate of drug-likeness (QED) is 0.425. The Labute approximate surface area is 205 Å². The molecule has 0 amide bonds. The summed E-state index contributed by atoms with van der Waals surface area (Å²) in [5.41, 5.74) is 3.91. The van der Waals surface area contributed by atoms with E-state index >= 15 is 0 Å². The molecule has 4 heterocycles. The van der Waals surface area contributed by atoms with Crippen molar-refractivity contribution in [3.8, 4) is 11.8 Å². The molecule has 35 heavy (non-hydrogen) atoms. The van der Waals surface area contributed by atoms with E-state index in [4.69, 9.17) is 14.5 Å². The standard InChI is InChI=1S/C26H33N5O4/c1-4-20(21(14-25(32)33)18-8-10-23(34-3)28-16-18)22-15-24(31(2)30-22)35-13-11-19-9-7-17-6-5-12-27-26(17)29-19/h7-10,15-16,20-21H,4-6,11-14H2,1-3H3,(H,27,29)(H,32,33). The zero-order chi connectivity index (χ0) is 24.8. The number of pyridine rings is 2. The van der Waals surface area contributed by atoms with Crippen LogP contribution in [0.5, 0.6) is 11.8 Å². The summed E-state index contributed by atoms with van der Waals surface area (Å²) in [6.07, 6.45) is 5.30. The fourth-order valence-electron chi connectivity index (χ4n) is 4.67. The van der Waals surface area contributed by atoms with Crippen LogP contribution in [0.4, 0.5) is 5.82 Å². The van der Waals surface area contributed by atoms with Gasteiger partial charge in [-0.25, -0.2) is 14.6 Å². The van der Waals surface area contributed by atoms with Crippen molar-refractivity contribution in [1.82, 2.24) is 19.7 Å². The smallest absolute Gasteiger partial charge is 0.303 e. The first kappa shape index (κ1) is 24.5. The molecule has 2 atom stereocenters. The van der Waals surface area contributed by atoms with Gasteiger partial charge in [0.1, 0.15) is 5.82 Å². The molecule has 2 N–H and O–H groups in total. The first-order chi connectivity index (χ1) is 17.0. The average Bonchev–Trinajstić information content (AvgIpc) is 3.23. The van der Waals surface area contributed by atoms with Crippen molar-refractivity contribution in [2.45, 2.75) is 50.9 Å². The van der Waals surface area contributed by atoms with E-state index < -0.39 is 5.97 Å². The molecule has 186 valence electrons. The molecule has 1 aliphatic rings. The Morgan fingerprint density at radius 1 is 1.26 bits per heavy atom. The molecular formula is C26H33N5O4. The van der Waals surface area contributed by atoms with Crippen LogP contribution in [0.2, 0.25) is 0 Å². The number of carbonyl (C=O) groups is 1. The number of methoxy groups -OCH3 is 1. The van der Waals surface area contributed by atoms with E-state index in [9.17, 15) is 9.90 Å². The average molecular weight is 480 g/mol. The highest BCUT2D eigenvalue weighted by atomic mass is 16.5. The first-order valence-corrected chi connectivity index (χ1v) is 12.1. The van der Waals surface area contributed by atoms with Crippen LogP contribution in [0.25, 0.3) is 0 Å². The molecule has 0 bridgehead atoms. The number of carboxylic acids is 1. The second-order valence-electron chi connectivity index (χ2n) is 8.82. The fourth-order valence-corrected chi connectivity index (χ4v) is 4.67. The molecule has 4 rings (SSSR count). The van der Waals surface area contributed by atoms with E-state index in [-0.39, 0.29) is 18.3 Å². The highest BCUT2D eigenvalue weighted by Crippen LogP contribution is 2.38. The van der Waals surface area contributed by atoms with E-state index in [0.29, 0.717) is 24.8 Å². The van der Waals surface area contributed by atoms with Crippen molar-refractivity contribution in [1.29, 1.82) is 0 Å². The van der Waals surface area contributed by atoms with Crippen molar-refractivity contribution in [2.24, 2.45) is 7.05 Å². The van der Waals surface area contributed by atoms with Gasteiger partial charge in [-0.2, -0.15) is 5.10 Å². The van der Waals surface area contributed by atoms with Gasteiger partial charge < -0.3 is 19.9 Å². The van der Waals surface area contributed by atoms with Gasteiger partial charge in [-0.3, -0.25) is 4.79 Å². The van der Waals surface area contributed by atoms with E-state index in [1.165, 1.54) is 5.56 Å². The summed E-state index contributed by atoms with van der Waals surface area (Å²) >= 11 is 0. The number of aryl methyl sites for hydroxylation is 2. The number of anilines is 1. The molecule has 3 aromatic rings. The lowest BCUT2D eigenvalue weighted by atomic mass is 9.80. The monoisotopic (exact) mass is 479 g/mol. The summed E-state index contributed by atoms with van der Waals surface area (Å²) in [4.78, 5) is 20.7. The van der Waals surface area contributed by atoms with Crippen LogP contribution in [0.15, 0.2) is 36.5 Å². The van der Waals surface area contributed by atoms with Crippen LogP contribution in [-0.4, -0.2) is 51.1 Å². The van der Waals surface area contributed by atoms with Gasteiger partial charge in [0.05, 0.1) is 25.8 Å². The van der Waals surface area contributed by atoms with Crippen LogP contribution < -0.4 is 14.8 Å². The lowest BCUT2D eigenvalue weighted by Gasteiger charge is -2.24. The normalized spacial score (nSPS) is 14.5. The molecule has 0 aromatic carbocycles. The van der Waals surface area contributed by atoms with Gasteiger partial charge in [0.25, 0.3) is 0 Å². The third-order valence-electron chi connectivity index (χ3n) is 6.51. The molecule has 0 spiro atoms. The van der Waals surface area contributed by atoms with Gasteiger partial charge in [-0.1, -0.05) is 19.1 Å². The second kappa shape index (κ2) is 11.2. The Morgan fingerprint density at radius 3 is 2.83 bits per heavy atom. The fraction of sp³-hybridized carbons (Fsp3) is 0.462. The summed E-state index contributed by atoms with van der Waals surface area (Å²) in [5.74, 6) is 0.901. The Bertz CT molecular complexity index is 1150. The number of ether oxygens (including phenoxy) is 2. The van der Waals surface area contributed by atoms with Crippen molar-refractivity contribution in [3.05, 3.63) is 59.0 Å². The SMILES string of the molecule is CCC(c1cc(OCCc2ccc3c(n2)NCCC3)n(C)n1)C(CC(=O)O)c1ccc(OC)nc1. The molecule has 0 aliphatic carbocycles. The summed E-state index contributed by atoms with van der Waals surface area (Å²) in [6.45, 7) is 3.48. The van der Waals surface area contributed by atoms with E-state index in [1.54, 1.807) is 24.1 Å². The minimum atomic E-state index is -0.858. The highest BCUT2D eigenvalue weighted by molar-refractivity contribution is 5.68. The number of aliphatic carboxylic acids is 1. The first-order valence-electron chi connectivity index (χ1n) is 12.1. The second-order valence-corrected chi connectivity index (χ2v) is 8.82. The van der Waals surface area contributed by atoms with Gasteiger partial charge in [0.15, 0.2) is 0 Å². The van der Waals surface area contributed by atoms with Crippen LogP contribution in [0.1, 0.15) is 60.5 Å². The molecule has 0 saturated heterocycles. The molecule has 9 nitrogen and oxygen atoms in total. The predicted octanol–water partition coefficient (Wildman–Crippen LogP) is 3.95. The Kier molecular flexibility index (Phi) is 7.84. The molecule has 1 aliphatic heterocycles. The Morgan fingerprint density at radius 2 is 2.11 bits per heavy atom. The largest absolute Gasteiger partial charge is 0.481 e. The maximum Gasteiger partial charge on any atom is 0.303 e. The number of carboxylic acid groups (broad SMARTS) is 1. The lowest BCUT2D eigenvalue weighted by Crippen LogP contribution is -2.16. The van der Waals surface area contributed by atoms with E-state index in [0.717, 1.165) is 48.6 Å². The maximum absolute atomic E-state index is 11.7. The van der Waals surface area contributed by atoms with E-state index in [1.807, 2.05) is 26.1 Å². The Hall–Kier alpha value is -3.62. The van der Waals surface area contributed by atoms with Crippen molar-refractivity contribution in [2.75, 3.05) is 25.6 Å². The van der Waals surface area contributed by atoms with Crippen LogP contribution in [0.3, 0.4) is 0 Å². The topological polar surface area (TPSA) is 111 Å². The molecular weight excluding hydrogens is 446 g/mol. The van der Waals surface area contributed by atoms with Crippen LogP contribution >= 0.6 is 0 Å². The van der Waals surface area contributed by atoms with Gasteiger partial charge in [-0.15, -0.1) is 0 Å². The van der Waals surface area contributed by atoms with Crippen molar-refractivity contribution < 1.29 is 19.4 Å². The molecule has 0 fully saturated rings. The maximum atomic E-state index is 11.7. The number of hydrogen-bond donors (Lipinski definition) is 2. The van der Waals surface area contributed by atoms with Crippen molar-refractivity contribution in [3.63, 3.8) is 0 Å². The molecule has 0 radical (unpaired) electrons. The number of rotatable bonds is 11. The van der Waals surface area contributed by atoms with Gasteiger partial charge in [-0.05, 0) is 36.5 Å². The minimum Gasteiger partial charge on any atom is -0.481 e. The van der Waals surface area contributed by atoms with Crippen molar-refractivity contribution >= 4 is 11.8 Å². The van der Waals surface area contributed by atoms with Gasteiger partial charge in [0, 0.05) is 55.9 Å². The van der Waals surface area contributed by atoms with Crippen LogP contribution in [0, 0.1) is 0 Å². The predicted molar refractivity (Wildman–Crippen MR) is 132 cm³/mol. The summed E-state index contributed by atoms with van der Waals surface area (Å²) < 4.78 is 12.9. The van der Waals surface area contributed by atoms with Crippen LogP contribution in [-0.2, 0) is 24.7 Å². The number of hydrogen-bond acceptors (Lipinski definition) is 7. The third-order valence-corrected chi connectivity index (χ3v) is 6.51. The number of nitrogens with zero attached hydrogens (tertiary/aromatic N) is 4. The summed E-state index contributed by atoms with van der Waals surface area (Å²) in [5, 5.41) is 17.6. The number of fused-ring (bicyclic) bond motifs is 1. The lowest BCUT2D eigenvalue weighted by molar-refractivity contribution is -0.137. The number of aromatic nitrogens is 4. The molecule has 0 saturated carbocycles. The van der Waals surface area contributed by atoms with E-state index in [2.05, 4.69) is 27.5 Å². The summed E-state index contributed by atoms with van der Waals surface area (Å²) in [7, 11) is 3.40. The molecule has 3 aromatic heterocycles. The zero-order valence-electron chi connectivity index (χ0n) is 20.5. The minimum absolute atomic E-state index is 0.0166. The third kappa shape index (κ3) is 5.90.